The van der Waals surface area contributed by atoms with E-state index in [1.807, 2.05) is 25.5 Å². The molecule has 0 aromatic carbocycles. The second-order valence-electron chi connectivity index (χ2n) is 4.01. The van der Waals surface area contributed by atoms with Gasteiger partial charge in [-0.1, -0.05) is 6.07 Å². The zero-order chi connectivity index (χ0) is 10.5. The average Bonchev–Trinajstić information content (AvgIpc) is 2.81. The van der Waals surface area contributed by atoms with Crippen LogP contribution in [0.15, 0.2) is 24.5 Å². The van der Waals surface area contributed by atoms with E-state index in [0.717, 1.165) is 13.0 Å². The van der Waals surface area contributed by atoms with Crippen molar-refractivity contribution in [3.63, 3.8) is 0 Å². The first-order valence-electron chi connectivity index (χ1n) is 5.58. The van der Waals surface area contributed by atoms with Crippen molar-refractivity contribution in [2.75, 3.05) is 13.7 Å². The molecule has 0 bridgehead atoms. The number of likely N-dealkylation sites (N-methyl/N-ethyl adjacent to an activating group) is 1. The van der Waals surface area contributed by atoms with Crippen LogP contribution in [0.25, 0.3) is 0 Å². The topological polar surface area (TPSA) is 34.2 Å². The van der Waals surface area contributed by atoms with Gasteiger partial charge in [0.15, 0.2) is 0 Å². The summed E-state index contributed by atoms with van der Waals surface area (Å²) in [6, 6.07) is 4.51. The summed E-state index contributed by atoms with van der Waals surface area (Å²) in [5.74, 6) is 0. The Labute approximate surface area is 90.9 Å². The van der Waals surface area contributed by atoms with Gasteiger partial charge >= 0.3 is 0 Å². The lowest BCUT2D eigenvalue weighted by molar-refractivity contribution is 0.0808. The summed E-state index contributed by atoms with van der Waals surface area (Å²) >= 11 is 0. The van der Waals surface area contributed by atoms with E-state index >= 15 is 0 Å². The second kappa shape index (κ2) is 5.24. The van der Waals surface area contributed by atoms with Crippen molar-refractivity contribution in [1.29, 1.82) is 0 Å². The molecule has 1 aromatic rings. The fourth-order valence-electron chi connectivity index (χ4n) is 2.11. The highest BCUT2D eigenvalue weighted by atomic mass is 16.5. The molecule has 0 saturated carbocycles. The Hall–Kier alpha value is -0.930. The van der Waals surface area contributed by atoms with Gasteiger partial charge in [-0.2, -0.15) is 0 Å². The van der Waals surface area contributed by atoms with Gasteiger partial charge in [-0.15, -0.1) is 0 Å². The lowest BCUT2D eigenvalue weighted by Crippen LogP contribution is -2.39. The van der Waals surface area contributed by atoms with E-state index in [4.69, 9.17) is 4.74 Å². The summed E-state index contributed by atoms with van der Waals surface area (Å²) in [4.78, 5) is 4.13. The van der Waals surface area contributed by atoms with Crippen molar-refractivity contribution < 1.29 is 4.74 Å². The first-order chi connectivity index (χ1) is 7.40. The second-order valence-corrected chi connectivity index (χ2v) is 4.01. The lowest BCUT2D eigenvalue weighted by Gasteiger charge is -2.22. The number of rotatable bonds is 4. The normalized spacial score (nSPS) is 22.9. The van der Waals surface area contributed by atoms with Gasteiger partial charge in [-0.05, 0) is 37.9 Å². The van der Waals surface area contributed by atoms with Crippen LogP contribution in [0.1, 0.15) is 18.4 Å². The van der Waals surface area contributed by atoms with Gasteiger partial charge in [0.25, 0.3) is 0 Å². The maximum absolute atomic E-state index is 5.70. The quantitative estimate of drug-likeness (QED) is 0.808. The molecule has 2 atom stereocenters. The van der Waals surface area contributed by atoms with Crippen LogP contribution in [0.3, 0.4) is 0 Å². The van der Waals surface area contributed by atoms with Crippen molar-refractivity contribution in [3.05, 3.63) is 30.1 Å². The molecule has 3 nitrogen and oxygen atoms in total. The van der Waals surface area contributed by atoms with Gasteiger partial charge < -0.3 is 10.1 Å². The van der Waals surface area contributed by atoms with Crippen LogP contribution >= 0.6 is 0 Å². The molecule has 1 aliphatic heterocycles. The third-order valence-electron chi connectivity index (χ3n) is 2.96. The molecule has 1 N–H and O–H groups in total. The van der Waals surface area contributed by atoms with E-state index in [9.17, 15) is 0 Å². The highest BCUT2D eigenvalue weighted by molar-refractivity contribution is 5.10. The average molecular weight is 206 g/mol. The molecule has 15 heavy (non-hydrogen) atoms. The predicted molar refractivity (Wildman–Crippen MR) is 59.8 cm³/mol. The zero-order valence-electron chi connectivity index (χ0n) is 9.15. The molecule has 1 fully saturated rings. The molecule has 2 unspecified atom stereocenters. The van der Waals surface area contributed by atoms with E-state index in [-0.39, 0.29) is 0 Å². The molecule has 3 heteroatoms. The number of pyridine rings is 1. The van der Waals surface area contributed by atoms with Crippen LogP contribution in [-0.4, -0.2) is 30.8 Å². The first-order valence-corrected chi connectivity index (χ1v) is 5.58. The minimum Gasteiger partial charge on any atom is -0.377 e. The molecule has 0 amide bonds. The Kier molecular flexibility index (Phi) is 3.69. The zero-order valence-corrected chi connectivity index (χ0v) is 9.15. The van der Waals surface area contributed by atoms with Gasteiger partial charge in [0, 0.05) is 25.0 Å². The number of nitrogens with one attached hydrogen (secondary N) is 1. The Balaban J connectivity index is 1.96. The fourth-order valence-corrected chi connectivity index (χ4v) is 2.11. The molecule has 0 spiro atoms. The number of hydrogen-bond donors (Lipinski definition) is 1. The maximum atomic E-state index is 5.70. The molecule has 1 aromatic heterocycles. The smallest absolute Gasteiger partial charge is 0.0732 e. The van der Waals surface area contributed by atoms with Crippen LogP contribution in [0.2, 0.25) is 0 Å². The van der Waals surface area contributed by atoms with Crippen LogP contribution in [-0.2, 0) is 11.2 Å². The van der Waals surface area contributed by atoms with Gasteiger partial charge in [0.2, 0.25) is 0 Å². The molecular formula is C12H18N2O. The lowest BCUT2D eigenvalue weighted by atomic mass is 10.0. The minimum absolute atomic E-state index is 0.371. The number of nitrogens with zero attached hydrogens (tertiary/aromatic N) is 1. The van der Waals surface area contributed by atoms with Crippen molar-refractivity contribution >= 4 is 0 Å². The van der Waals surface area contributed by atoms with Crippen molar-refractivity contribution in [2.24, 2.45) is 0 Å². The van der Waals surface area contributed by atoms with Crippen molar-refractivity contribution in [1.82, 2.24) is 10.3 Å². The monoisotopic (exact) mass is 206 g/mol. The number of aromatic nitrogens is 1. The molecule has 82 valence electrons. The van der Waals surface area contributed by atoms with Crippen LogP contribution in [0.5, 0.6) is 0 Å². The third kappa shape index (κ3) is 2.76. The molecule has 2 rings (SSSR count). The third-order valence-corrected chi connectivity index (χ3v) is 2.96. The summed E-state index contributed by atoms with van der Waals surface area (Å²) < 4.78 is 5.70. The molecule has 2 heterocycles. The van der Waals surface area contributed by atoms with E-state index in [2.05, 4.69) is 16.4 Å². The van der Waals surface area contributed by atoms with Crippen LogP contribution in [0.4, 0.5) is 0 Å². The summed E-state index contributed by atoms with van der Waals surface area (Å²) in [6.07, 6.45) is 7.47. The standard InChI is InChI=1S/C12H18N2O/c1-13-11(12-5-3-7-15-12)8-10-4-2-6-14-9-10/h2,4,6,9,11-13H,3,5,7-8H2,1H3. The Bertz CT molecular complexity index is 283. The first kappa shape index (κ1) is 10.6. The van der Waals surface area contributed by atoms with Gasteiger partial charge in [-0.25, -0.2) is 0 Å². The summed E-state index contributed by atoms with van der Waals surface area (Å²) in [6.45, 7) is 0.913. The minimum atomic E-state index is 0.371. The molecule has 1 aliphatic rings. The van der Waals surface area contributed by atoms with Gasteiger partial charge in [0.05, 0.1) is 6.10 Å². The summed E-state index contributed by atoms with van der Waals surface area (Å²) in [5.41, 5.74) is 1.27. The van der Waals surface area contributed by atoms with Gasteiger partial charge in [0.1, 0.15) is 0 Å². The Morgan fingerprint density at radius 1 is 1.67 bits per heavy atom. The molecule has 0 radical (unpaired) electrons. The number of ether oxygens (including phenoxy) is 1. The Morgan fingerprint density at radius 3 is 3.20 bits per heavy atom. The highest BCUT2D eigenvalue weighted by Crippen LogP contribution is 2.18. The largest absolute Gasteiger partial charge is 0.377 e. The molecule has 1 saturated heterocycles. The van der Waals surface area contributed by atoms with Crippen molar-refractivity contribution in [2.45, 2.75) is 31.4 Å². The maximum Gasteiger partial charge on any atom is 0.0732 e. The van der Waals surface area contributed by atoms with Gasteiger partial charge in [-0.3, -0.25) is 4.98 Å². The summed E-state index contributed by atoms with van der Waals surface area (Å²) in [5, 5.41) is 3.34. The predicted octanol–water partition coefficient (Wildman–Crippen LogP) is 1.39. The SMILES string of the molecule is CNC(Cc1cccnc1)C1CCCO1. The Morgan fingerprint density at radius 2 is 2.60 bits per heavy atom. The van der Waals surface area contributed by atoms with E-state index < -0.39 is 0 Å². The van der Waals surface area contributed by atoms with Crippen LogP contribution in [0, 0.1) is 0 Å². The number of hydrogen-bond acceptors (Lipinski definition) is 3. The molecule has 0 aliphatic carbocycles. The fraction of sp³-hybridized carbons (Fsp3) is 0.583. The molecular weight excluding hydrogens is 188 g/mol. The van der Waals surface area contributed by atoms with Crippen LogP contribution < -0.4 is 5.32 Å². The summed E-state index contributed by atoms with van der Waals surface area (Å²) in [7, 11) is 2.00. The van der Waals surface area contributed by atoms with E-state index in [1.54, 1.807) is 0 Å². The van der Waals surface area contributed by atoms with E-state index in [0.29, 0.717) is 12.1 Å². The van der Waals surface area contributed by atoms with E-state index in [1.165, 1.54) is 18.4 Å². The highest BCUT2D eigenvalue weighted by Gasteiger charge is 2.24. The van der Waals surface area contributed by atoms with Crippen molar-refractivity contribution in [3.8, 4) is 0 Å².